The molecule has 2 aromatic rings. The molecule has 3 rings (SSSR count). The highest BCUT2D eigenvalue weighted by Crippen LogP contribution is 2.28. The van der Waals surface area contributed by atoms with Crippen molar-refractivity contribution in [2.75, 3.05) is 13.2 Å². The van der Waals surface area contributed by atoms with Crippen LogP contribution in [0.1, 0.15) is 43.4 Å². The van der Waals surface area contributed by atoms with Crippen molar-refractivity contribution in [1.29, 1.82) is 0 Å². The highest BCUT2D eigenvalue weighted by atomic mass is 16.6. The van der Waals surface area contributed by atoms with Crippen molar-refractivity contribution >= 4 is 6.09 Å². The average molecular weight is 369 g/mol. The Morgan fingerprint density at radius 2 is 1.70 bits per heavy atom. The molecule has 5 nitrogen and oxygen atoms in total. The van der Waals surface area contributed by atoms with Crippen LogP contribution in [0.15, 0.2) is 48.5 Å². The third-order valence-corrected chi connectivity index (χ3v) is 5.21. The smallest absolute Gasteiger partial charge is 0.410 e. The quantitative estimate of drug-likeness (QED) is 0.777. The lowest BCUT2D eigenvalue weighted by molar-refractivity contribution is 0.00760. The number of carbonyl (C=O) groups excluding carboxylic acids is 1. The van der Waals surface area contributed by atoms with E-state index >= 15 is 0 Å². The maximum Gasteiger partial charge on any atom is 0.410 e. The number of amides is 1. The van der Waals surface area contributed by atoms with E-state index in [-0.39, 0.29) is 31.5 Å². The van der Waals surface area contributed by atoms with E-state index in [1.807, 2.05) is 43.3 Å². The fourth-order valence-electron chi connectivity index (χ4n) is 3.45. The summed E-state index contributed by atoms with van der Waals surface area (Å²) in [7, 11) is 0. The van der Waals surface area contributed by atoms with Gasteiger partial charge in [0.25, 0.3) is 0 Å². The minimum atomic E-state index is -0.277. The molecule has 0 aliphatic carbocycles. The molecular formula is C22H27NO4. The standard InChI is InChI=1S/C22H27NO4/c1-16(23-13-12-21(3-2-14-24)27-22(23)26)18-8-10-20(11-9-18)19-6-4-17(15-25)5-7-19/h4-11,16,21,24-25H,2-3,12-15H2,1H3. The van der Waals surface area contributed by atoms with Crippen LogP contribution in [0.4, 0.5) is 4.79 Å². The first-order chi connectivity index (χ1) is 13.1. The van der Waals surface area contributed by atoms with Crippen molar-refractivity contribution < 1.29 is 19.7 Å². The molecule has 0 saturated carbocycles. The molecule has 1 aliphatic heterocycles. The number of benzene rings is 2. The van der Waals surface area contributed by atoms with Gasteiger partial charge in [0, 0.05) is 19.6 Å². The normalized spacial score (nSPS) is 18.3. The van der Waals surface area contributed by atoms with E-state index in [2.05, 4.69) is 12.1 Å². The van der Waals surface area contributed by atoms with Gasteiger partial charge in [-0.05, 0) is 42.0 Å². The molecule has 1 amide bonds. The number of hydrogen-bond acceptors (Lipinski definition) is 4. The predicted molar refractivity (Wildman–Crippen MR) is 104 cm³/mol. The number of aliphatic hydroxyl groups excluding tert-OH is 2. The van der Waals surface area contributed by atoms with Gasteiger partial charge in [-0.3, -0.25) is 0 Å². The second kappa shape index (κ2) is 9.02. The van der Waals surface area contributed by atoms with Crippen LogP contribution in [-0.2, 0) is 11.3 Å². The van der Waals surface area contributed by atoms with E-state index in [1.165, 1.54) is 0 Å². The Morgan fingerprint density at radius 1 is 1.07 bits per heavy atom. The zero-order valence-electron chi connectivity index (χ0n) is 15.7. The molecule has 1 heterocycles. The summed E-state index contributed by atoms with van der Waals surface area (Å²) in [6.45, 7) is 2.85. The Kier molecular flexibility index (Phi) is 6.48. The topological polar surface area (TPSA) is 70.0 Å². The molecule has 144 valence electrons. The minimum Gasteiger partial charge on any atom is -0.446 e. The van der Waals surface area contributed by atoms with E-state index in [4.69, 9.17) is 14.9 Å². The second-order valence-corrected chi connectivity index (χ2v) is 7.01. The molecule has 1 saturated heterocycles. The number of cyclic esters (lactones) is 1. The Balaban J connectivity index is 1.65. The molecule has 0 spiro atoms. The molecule has 0 bridgehead atoms. The van der Waals surface area contributed by atoms with Crippen molar-refractivity contribution in [1.82, 2.24) is 4.90 Å². The Bertz CT molecular complexity index is 742. The van der Waals surface area contributed by atoms with Crippen LogP contribution in [0, 0.1) is 0 Å². The average Bonchev–Trinajstić information content (AvgIpc) is 2.72. The van der Waals surface area contributed by atoms with Gasteiger partial charge in [0.05, 0.1) is 12.6 Å². The van der Waals surface area contributed by atoms with E-state index in [0.29, 0.717) is 19.4 Å². The van der Waals surface area contributed by atoms with Crippen LogP contribution in [0.2, 0.25) is 0 Å². The number of aliphatic hydroxyl groups is 2. The van der Waals surface area contributed by atoms with Crippen LogP contribution < -0.4 is 0 Å². The zero-order valence-corrected chi connectivity index (χ0v) is 15.7. The summed E-state index contributed by atoms with van der Waals surface area (Å²) in [5.74, 6) is 0. The Labute approximate surface area is 160 Å². The third-order valence-electron chi connectivity index (χ3n) is 5.21. The van der Waals surface area contributed by atoms with Gasteiger partial charge < -0.3 is 19.8 Å². The number of hydrogen-bond donors (Lipinski definition) is 2. The van der Waals surface area contributed by atoms with Gasteiger partial charge in [-0.2, -0.15) is 0 Å². The molecule has 0 aromatic heterocycles. The fourth-order valence-corrected chi connectivity index (χ4v) is 3.45. The first-order valence-electron chi connectivity index (χ1n) is 9.50. The minimum absolute atomic E-state index is 0.0452. The van der Waals surface area contributed by atoms with Gasteiger partial charge in [0.15, 0.2) is 0 Å². The lowest BCUT2D eigenvalue weighted by Crippen LogP contribution is -2.43. The van der Waals surface area contributed by atoms with E-state index in [0.717, 1.165) is 28.7 Å². The number of rotatable bonds is 7. The largest absolute Gasteiger partial charge is 0.446 e. The molecule has 2 aromatic carbocycles. The third kappa shape index (κ3) is 4.67. The summed E-state index contributed by atoms with van der Waals surface area (Å²) >= 11 is 0. The van der Waals surface area contributed by atoms with Crippen molar-refractivity contribution in [3.05, 3.63) is 59.7 Å². The van der Waals surface area contributed by atoms with E-state index in [1.54, 1.807) is 4.90 Å². The van der Waals surface area contributed by atoms with Gasteiger partial charge >= 0.3 is 6.09 Å². The summed E-state index contributed by atoms with van der Waals surface area (Å²) in [5.41, 5.74) is 4.15. The lowest BCUT2D eigenvalue weighted by Gasteiger charge is -2.35. The molecule has 2 N–H and O–H groups in total. The molecular weight excluding hydrogens is 342 g/mol. The van der Waals surface area contributed by atoms with Gasteiger partial charge in [-0.15, -0.1) is 0 Å². The second-order valence-electron chi connectivity index (χ2n) is 7.01. The van der Waals surface area contributed by atoms with Crippen molar-refractivity contribution in [3.8, 4) is 11.1 Å². The Morgan fingerprint density at radius 3 is 2.26 bits per heavy atom. The summed E-state index contributed by atoms with van der Waals surface area (Å²) in [6.07, 6.45) is 1.81. The Hall–Kier alpha value is -2.37. The van der Waals surface area contributed by atoms with Crippen LogP contribution >= 0.6 is 0 Å². The monoisotopic (exact) mass is 369 g/mol. The number of carbonyl (C=O) groups is 1. The summed E-state index contributed by atoms with van der Waals surface area (Å²) < 4.78 is 5.51. The first kappa shape index (κ1) is 19.4. The molecule has 1 aliphatic rings. The van der Waals surface area contributed by atoms with E-state index in [9.17, 15) is 4.79 Å². The molecule has 2 unspecified atom stereocenters. The van der Waals surface area contributed by atoms with Crippen LogP contribution in [0.25, 0.3) is 11.1 Å². The highest BCUT2D eigenvalue weighted by Gasteiger charge is 2.30. The number of ether oxygens (including phenoxy) is 1. The summed E-state index contributed by atoms with van der Waals surface area (Å²) in [4.78, 5) is 14.1. The highest BCUT2D eigenvalue weighted by molar-refractivity contribution is 5.69. The molecule has 1 fully saturated rings. The van der Waals surface area contributed by atoms with Crippen molar-refractivity contribution in [2.45, 2.75) is 44.9 Å². The SMILES string of the molecule is CC(c1ccc(-c2ccc(CO)cc2)cc1)N1CCC(CCCO)OC1=O. The van der Waals surface area contributed by atoms with Crippen molar-refractivity contribution in [3.63, 3.8) is 0 Å². The zero-order chi connectivity index (χ0) is 19.2. The van der Waals surface area contributed by atoms with Gasteiger partial charge in [0.1, 0.15) is 6.10 Å². The van der Waals surface area contributed by atoms with Crippen LogP contribution in [0.5, 0.6) is 0 Å². The molecule has 27 heavy (non-hydrogen) atoms. The molecule has 5 heteroatoms. The predicted octanol–water partition coefficient (Wildman–Crippen LogP) is 3.89. The summed E-state index contributed by atoms with van der Waals surface area (Å²) in [6, 6.07) is 16.0. The first-order valence-corrected chi connectivity index (χ1v) is 9.50. The lowest BCUT2D eigenvalue weighted by atomic mass is 9.99. The van der Waals surface area contributed by atoms with E-state index < -0.39 is 0 Å². The maximum atomic E-state index is 12.4. The fraction of sp³-hybridized carbons (Fsp3) is 0.409. The molecule has 0 radical (unpaired) electrons. The maximum absolute atomic E-state index is 12.4. The number of nitrogens with zero attached hydrogens (tertiary/aromatic N) is 1. The van der Waals surface area contributed by atoms with Crippen molar-refractivity contribution in [2.24, 2.45) is 0 Å². The van der Waals surface area contributed by atoms with Gasteiger partial charge in [0.2, 0.25) is 0 Å². The van der Waals surface area contributed by atoms with Gasteiger partial charge in [-0.1, -0.05) is 48.5 Å². The van der Waals surface area contributed by atoms with Gasteiger partial charge in [-0.25, -0.2) is 4.79 Å². The van der Waals surface area contributed by atoms with Crippen LogP contribution in [0.3, 0.4) is 0 Å². The summed E-state index contributed by atoms with van der Waals surface area (Å²) in [5, 5.41) is 18.1. The molecule has 2 atom stereocenters. The van der Waals surface area contributed by atoms with Crippen LogP contribution in [-0.4, -0.2) is 40.5 Å².